The lowest BCUT2D eigenvalue weighted by Crippen LogP contribution is -2.20. The minimum absolute atomic E-state index is 0.0394. The van der Waals surface area contributed by atoms with E-state index in [0.717, 1.165) is 28.1 Å². The number of nitrogens with one attached hydrogen (secondary N) is 1. The molecule has 1 N–H and O–H groups in total. The summed E-state index contributed by atoms with van der Waals surface area (Å²) in [6.45, 7) is 12.3. The van der Waals surface area contributed by atoms with E-state index in [0.29, 0.717) is 5.13 Å². The summed E-state index contributed by atoms with van der Waals surface area (Å²) in [5.41, 5.74) is 8.91. The van der Waals surface area contributed by atoms with Gasteiger partial charge in [0.05, 0.1) is 5.69 Å². The van der Waals surface area contributed by atoms with Gasteiger partial charge in [0.2, 0.25) is 0 Å². The van der Waals surface area contributed by atoms with Crippen molar-refractivity contribution in [2.24, 2.45) is 0 Å². The van der Waals surface area contributed by atoms with E-state index in [1.54, 1.807) is 0 Å². The third kappa shape index (κ3) is 4.42. The monoisotopic (exact) mass is 394 g/mol. The highest BCUT2D eigenvalue weighted by atomic mass is 32.1. The molecule has 4 nitrogen and oxygen atoms in total. The second kappa shape index (κ2) is 8.15. The first-order valence-electron chi connectivity index (χ1n) is 9.29. The van der Waals surface area contributed by atoms with Crippen LogP contribution in [0.5, 0.6) is 5.75 Å². The number of carbonyl (C=O) groups excluding carboxylic acids is 1. The third-order valence-corrected chi connectivity index (χ3v) is 5.58. The second-order valence-corrected chi connectivity index (χ2v) is 8.21. The van der Waals surface area contributed by atoms with Gasteiger partial charge in [-0.15, -0.1) is 11.3 Å². The molecular weight excluding hydrogens is 368 g/mol. The number of nitrogens with zero attached hydrogens (tertiary/aromatic N) is 1. The van der Waals surface area contributed by atoms with Crippen molar-refractivity contribution < 1.29 is 9.53 Å². The maximum atomic E-state index is 12.3. The summed E-state index contributed by atoms with van der Waals surface area (Å²) in [6, 6.07) is 8.43. The number of benzene rings is 2. The number of anilines is 1. The molecule has 0 spiro atoms. The van der Waals surface area contributed by atoms with Gasteiger partial charge in [-0.05, 0) is 75.4 Å². The lowest BCUT2D eigenvalue weighted by Gasteiger charge is -2.12. The van der Waals surface area contributed by atoms with Crippen LogP contribution in [-0.4, -0.2) is 17.5 Å². The number of amides is 1. The van der Waals surface area contributed by atoms with Crippen LogP contribution in [0.15, 0.2) is 29.6 Å². The molecule has 0 bridgehead atoms. The molecule has 0 saturated carbocycles. The van der Waals surface area contributed by atoms with E-state index in [1.165, 1.54) is 33.6 Å². The zero-order valence-corrected chi connectivity index (χ0v) is 18.1. The number of hydrogen-bond acceptors (Lipinski definition) is 4. The number of rotatable bonds is 5. The minimum Gasteiger partial charge on any atom is -0.483 e. The van der Waals surface area contributed by atoms with Gasteiger partial charge in [0.15, 0.2) is 11.7 Å². The molecule has 1 amide bonds. The van der Waals surface area contributed by atoms with Gasteiger partial charge >= 0.3 is 0 Å². The Balaban J connectivity index is 1.67. The van der Waals surface area contributed by atoms with Crippen LogP contribution in [0.4, 0.5) is 5.13 Å². The highest BCUT2D eigenvalue weighted by molar-refractivity contribution is 7.14. The Morgan fingerprint density at radius 3 is 2.25 bits per heavy atom. The molecule has 28 heavy (non-hydrogen) atoms. The summed E-state index contributed by atoms with van der Waals surface area (Å²) in [5.74, 6) is 0.559. The van der Waals surface area contributed by atoms with Crippen LogP contribution in [0.25, 0.3) is 11.3 Å². The Hall–Kier alpha value is -2.66. The fourth-order valence-corrected chi connectivity index (χ4v) is 4.11. The van der Waals surface area contributed by atoms with Crippen molar-refractivity contribution in [3.8, 4) is 17.0 Å². The molecule has 146 valence electrons. The fourth-order valence-electron chi connectivity index (χ4n) is 3.38. The number of thiazole rings is 1. The first kappa shape index (κ1) is 20.1. The van der Waals surface area contributed by atoms with Crippen LogP contribution in [0, 0.1) is 41.5 Å². The van der Waals surface area contributed by atoms with Crippen molar-refractivity contribution >= 4 is 22.4 Å². The molecule has 0 saturated heterocycles. The summed E-state index contributed by atoms with van der Waals surface area (Å²) in [7, 11) is 0. The van der Waals surface area contributed by atoms with E-state index in [9.17, 15) is 4.79 Å². The molecule has 1 heterocycles. The Morgan fingerprint density at radius 1 is 0.929 bits per heavy atom. The first-order chi connectivity index (χ1) is 13.2. The predicted molar refractivity (Wildman–Crippen MR) is 117 cm³/mol. The summed E-state index contributed by atoms with van der Waals surface area (Å²) in [4.78, 5) is 16.9. The van der Waals surface area contributed by atoms with Crippen LogP contribution in [-0.2, 0) is 4.79 Å². The molecule has 0 aliphatic heterocycles. The number of ether oxygens (including phenoxy) is 1. The molecule has 0 fully saturated rings. The standard InChI is InChI=1S/C23H26N2O2S/c1-13-7-17(5)22(18(6)8-13)27-11-21(26)25-23-24-20(12-28-23)19-10-15(3)14(2)9-16(19)4/h7-10,12H,11H2,1-6H3,(H,24,25,26). The van der Waals surface area contributed by atoms with Crippen molar-refractivity contribution in [1.29, 1.82) is 0 Å². The van der Waals surface area contributed by atoms with Gasteiger partial charge in [0, 0.05) is 10.9 Å². The fraction of sp³-hybridized carbons (Fsp3) is 0.304. The molecule has 0 aliphatic rings. The number of carbonyl (C=O) groups is 1. The summed E-state index contributed by atoms with van der Waals surface area (Å²) in [6.07, 6.45) is 0. The van der Waals surface area contributed by atoms with Gasteiger partial charge in [-0.25, -0.2) is 4.98 Å². The Morgan fingerprint density at radius 2 is 1.57 bits per heavy atom. The van der Waals surface area contributed by atoms with Crippen LogP contribution in [0.1, 0.15) is 33.4 Å². The quantitative estimate of drug-likeness (QED) is 0.606. The van der Waals surface area contributed by atoms with Gasteiger partial charge in [0.25, 0.3) is 5.91 Å². The normalized spacial score (nSPS) is 10.8. The Kier molecular flexibility index (Phi) is 5.84. The van der Waals surface area contributed by atoms with E-state index in [2.05, 4.69) is 55.3 Å². The van der Waals surface area contributed by atoms with Crippen LogP contribution < -0.4 is 10.1 Å². The zero-order valence-electron chi connectivity index (χ0n) is 17.3. The van der Waals surface area contributed by atoms with Crippen molar-refractivity contribution in [2.45, 2.75) is 41.5 Å². The molecule has 0 atom stereocenters. The largest absolute Gasteiger partial charge is 0.483 e. The lowest BCUT2D eigenvalue weighted by molar-refractivity contribution is -0.118. The third-order valence-electron chi connectivity index (χ3n) is 4.82. The molecule has 3 rings (SSSR count). The highest BCUT2D eigenvalue weighted by Gasteiger charge is 2.12. The summed E-state index contributed by atoms with van der Waals surface area (Å²) < 4.78 is 5.76. The predicted octanol–water partition coefficient (Wildman–Crippen LogP) is 5.68. The van der Waals surface area contributed by atoms with Crippen LogP contribution in [0.2, 0.25) is 0 Å². The number of aromatic nitrogens is 1. The number of aryl methyl sites for hydroxylation is 6. The van der Waals surface area contributed by atoms with E-state index in [4.69, 9.17) is 4.74 Å². The smallest absolute Gasteiger partial charge is 0.264 e. The van der Waals surface area contributed by atoms with E-state index in [1.807, 2.05) is 26.2 Å². The topological polar surface area (TPSA) is 51.2 Å². The molecule has 2 aromatic carbocycles. The maximum absolute atomic E-state index is 12.3. The van der Waals surface area contributed by atoms with Gasteiger partial charge < -0.3 is 4.74 Å². The second-order valence-electron chi connectivity index (χ2n) is 7.35. The van der Waals surface area contributed by atoms with Crippen molar-refractivity contribution in [1.82, 2.24) is 4.98 Å². The number of hydrogen-bond donors (Lipinski definition) is 1. The minimum atomic E-state index is -0.211. The molecule has 5 heteroatoms. The lowest BCUT2D eigenvalue weighted by atomic mass is 9.99. The van der Waals surface area contributed by atoms with Crippen molar-refractivity contribution in [3.05, 3.63) is 63.0 Å². The molecular formula is C23H26N2O2S. The van der Waals surface area contributed by atoms with E-state index < -0.39 is 0 Å². The first-order valence-corrected chi connectivity index (χ1v) is 10.2. The summed E-state index contributed by atoms with van der Waals surface area (Å²) in [5, 5.41) is 5.40. The SMILES string of the molecule is Cc1cc(C)c(OCC(=O)Nc2nc(-c3cc(C)c(C)cc3C)cs2)c(C)c1. The maximum Gasteiger partial charge on any atom is 0.264 e. The van der Waals surface area contributed by atoms with E-state index >= 15 is 0 Å². The molecule has 0 unspecified atom stereocenters. The molecule has 0 radical (unpaired) electrons. The Bertz CT molecular complexity index is 1010. The van der Waals surface area contributed by atoms with Gasteiger partial charge in [0.1, 0.15) is 5.75 Å². The van der Waals surface area contributed by atoms with Gasteiger partial charge in [-0.3, -0.25) is 10.1 Å². The average molecular weight is 395 g/mol. The highest BCUT2D eigenvalue weighted by Crippen LogP contribution is 2.29. The zero-order chi connectivity index (χ0) is 20.4. The Labute approximate surface area is 170 Å². The van der Waals surface area contributed by atoms with Crippen molar-refractivity contribution in [2.75, 3.05) is 11.9 Å². The van der Waals surface area contributed by atoms with Gasteiger partial charge in [-0.2, -0.15) is 0 Å². The van der Waals surface area contributed by atoms with Crippen LogP contribution >= 0.6 is 11.3 Å². The molecule has 1 aromatic heterocycles. The van der Waals surface area contributed by atoms with Gasteiger partial charge in [-0.1, -0.05) is 23.8 Å². The van der Waals surface area contributed by atoms with Crippen LogP contribution in [0.3, 0.4) is 0 Å². The average Bonchev–Trinajstić information content (AvgIpc) is 3.05. The van der Waals surface area contributed by atoms with E-state index in [-0.39, 0.29) is 12.5 Å². The molecule has 0 aliphatic carbocycles. The molecule has 3 aromatic rings. The summed E-state index contributed by atoms with van der Waals surface area (Å²) >= 11 is 1.42. The van der Waals surface area contributed by atoms with Crippen molar-refractivity contribution in [3.63, 3.8) is 0 Å².